The van der Waals surface area contributed by atoms with Crippen molar-refractivity contribution < 1.29 is 0 Å². The van der Waals surface area contributed by atoms with Gasteiger partial charge in [-0.25, -0.2) is 4.98 Å². The van der Waals surface area contributed by atoms with Crippen molar-refractivity contribution in [1.29, 1.82) is 0 Å². The maximum absolute atomic E-state index is 6.02. The number of H-pyrrole nitrogens is 1. The molecule has 4 N–H and O–H groups in total. The number of para-hydroxylation sites is 1. The lowest BCUT2D eigenvalue weighted by atomic mass is 9.92. The van der Waals surface area contributed by atoms with Crippen LogP contribution in [0.4, 0.5) is 5.95 Å². The maximum Gasteiger partial charge on any atom is 0.227 e. The van der Waals surface area contributed by atoms with Crippen LogP contribution in [0.15, 0.2) is 42.9 Å². The minimum Gasteiger partial charge on any atom is -0.351 e. The Hall–Kier alpha value is -2.35. The fourth-order valence-electron chi connectivity index (χ4n) is 3.77. The molecule has 7 nitrogen and oxygen atoms in total. The van der Waals surface area contributed by atoms with Crippen molar-refractivity contribution in [3.63, 3.8) is 0 Å². The van der Waals surface area contributed by atoms with Gasteiger partial charge in [0.15, 0.2) is 17.0 Å². The molecule has 4 aromatic rings. The van der Waals surface area contributed by atoms with Gasteiger partial charge in [-0.05, 0) is 43.2 Å². The van der Waals surface area contributed by atoms with E-state index in [1.165, 1.54) is 5.39 Å². The molecule has 3 aromatic heterocycles. The van der Waals surface area contributed by atoms with Crippen LogP contribution in [0, 0.1) is 0 Å². The lowest BCUT2D eigenvalue weighted by Gasteiger charge is -2.26. The fraction of sp³-hybridized carbons (Fsp3) is 0.316. The first-order chi connectivity index (χ1) is 12.8. The highest BCUT2D eigenvalue weighted by atomic mass is 35.5. The molecule has 1 saturated carbocycles. The number of aromatic amines is 1. The second kappa shape index (κ2) is 8.34. The van der Waals surface area contributed by atoms with E-state index in [-0.39, 0.29) is 24.8 Å². The fourth-order valence-corrected chi connectivity index (χ4v) is 3.77. The van der Waals surface area contributed by atoms with Crippen LogP contribution in [-0.2, 0) is 0 Å². The number of fused-ring (bicyclic) bond motifs is 2. The summed E-state index contributed by atoms with van der Waals surface area (Å²) in [6, 6.07) is 11.0. The Morgan fingerprint density at radius 3 is 2.64 bits per heavy atom. The van der Waals surface area contributed by atoms with Gasteiger partial charge in [0.05, 0.1) is 11.8 Å². The van der Waals surface area contributed by atoms with Crippen molar-refractivity contribution in [2.45, 2.75) is 37.8 Å². The van der Waals surface area contributed by atoms with Crippen molar-refractivity contribution in [2.75, 3.05) is 5.32 Å². The molecule has 28 heavy (non-hydrogen) atoms. The lowest BCUT2D eigenvalue weighted by molar-refractivity contribution is 0.410. The zero-order valence-electron chi connectivity index (χ0n) is 15.2. The van der Waals surface area contributed by atoms with Gasteiger partial charge in [-0.3, -0.25) is 4.57 Å². The van der Waals surface area contributed by atoms with Crippen molar-refractivity contribution in [1.82, 2.24) is 24.5 Å². The minimum absolute atomic E-state index is 0. The highest BCUT2D eigenvalue weighted by molar-refractivity contribution is 5.86. The van der Waals surface area contributed by atoms with E-state index in [0.717, 1.165) is 48.2 Å². The monoisotopic (exact) mass is 419 g/mol. The molecule has 0 aliphatic heterocycles. The number of benzene rings is 1. The molecule has 9 heteroatoms. The second-order valence-corrected chi connectivity index (χ2v) is 6.97. The molecule has 148 valence electrons. The Balaban J connectivity index is 0.00000112. The molecule has 1 fully saturated rings. The largest absolute Gasteiger partial charge is 0.351 e. The topological polar surface area (TPSA) is 97.4 Å². The van der Waals surface area contributed by atoms with E-state index in [4.69, 9.17) is 10.7 Å². The molecule has 5 rings (SSSR count). The summed E-state index contributed by atoms with van der Waals surface area (Å²) in [6.07, 6.45) is 7.88. The number of anilines is 1. The summed E-state index contributed by atoms with van der Waals surface area (Å²) in [6.45, 7) is 0. The molecular formula is C19H23Cl2N7. The normalized spacial score (nSPS) is 19.2. The van der Waals surface area contributed by atoms with Gasteiger partial charge in [0.25, 0.3) is 0 Å². The van der Waals surface area contributed by atoms with Gasteiger partial charge in [-0.1, -0.05) is 18.2 Å². The van der Waals surface area contributed by atoms with Gasteiger partial charge in [0.1, 0.15) is 0 Å². The van der Waals surface area contributed by atoms with E-state index < -0.39 is 0 Å². The number of imidazole rings is 1. The third-order valence-corrected chi connectivity index (χ3v) is 5.19. The van der Waals surface area contributed by atoms with Gasteiger partial charge in [0.2, 0.25) is 5.95 Å². The summed E-state index contributed by atoms with van der Waals surface area (Å²) in [5.74, 6) is 1.42. The average Bonchev–Trinajstić information content (AvgIpc) is 3.30. The third kappa shape index (κ3) is 3.65. The molecule has 1 aliphatic carbocycles. The van der Waals surface area contributed by atoms with Crippen LogP contribution in [-0.4, -0.2) is 36.6 Å². The molecule has 0 radical (unpaired) electrons. The van der Waals surface area contributed by atoms with Crippen LogP contribution in [0.3, 0.4) is 0 Å². The van der Waals surface area contributed by atoms with E-state index in [0.29, 0.717) is 18.0 Å². The third-order valence-electron chi connectivity index (χ3n) is 5.19. The molecule has 0 spiro atoms. The quantitative estimate of drug-likeness (QED) is 0.468. The van der Waals surface area contributed by atoms with E-state index in [9.17, 15) is 0 Å². The summed E-state index contributed by atoms with van der Waals surface area (Å²) in [5.41, 5.74) is 8.62. The summed E-state index contributed by atoms with van der Waals surface area (Å²) in [4.78, 5) is 17.0. The molecule has 0 bridgehead atoms. The molecule has 0 saturated heterocycles. The number of nitrogens with zero attached hydrogens (tertiary/aromatic N) is 4. The molecule has 0 amide bonds. The predicted octanol–water partition coefficient (Wildman–Crippen LogP) is 3.82. The molecule has 1 aromatic carbocycles. The Labute approximate surface area is 175 Å². The standard InChI is InChI=1S/C19H21N7.2ClH/c20-13-5-7-14(8-6-13)23-19-24-17-16(21-11-22-17)18(25-19)26-10-9-12-3-1-2-4-15(12)26;;/h1-4,9-11,13-14H,5-8,20H2,(H2,21,22,23,24,25);2*1H/t13-,14-;;. The molecule has 0 atom stereocenters. The maximum atomic E-state index is 6.02. The van der Waals surface area contributed by atoms with Gasteiger partial charge in [-0.15, -0.1) is 24.8 Å². The molecule has 0 unspecified atom stereocenters. The predicted molar refractivity (Wildman–Crippen MR) is 117 cm³/mol. The van der Waals surface area contributed by atoms with Gasteiger partial charge in [-0.2, -0.15) is 9.97 Å². The van der Waals surface area contributed by atoms with Crippen LogP contribution in [0.5, 0.6) is 0 Å². The Morgan fingerprint density at radius 2 is 1.82 bits per heavy atom. The number of rotatable bonds is 3. The number of nitrogens with one attached hydrogen (secondary N) is 2. The number of aromatic nitrogens is 5. The first-order valence-electron chi connectivity index (χ1n) is 9.07. The number of halogens is 2. The zero-order valence-corrected chi connectivity index (χ0v) is 16.8. The van der Waals surface area contributed by atoms with Gasteiger partial charge in [0, 0.05) is 18.3 Å². The van der Waals surface area contributed by atoms with Crippen LogP contribution >= 0.6 is 24.8 Å². The number of hydrogen-bond acceptors (Lipinski definition) is 5. The number of nitrogens with two attached hydrogens (primary N) is 1. The lowest BCUT2D eigenvalue weighted by Crippen LogP contribution is -2.33. The van der Waals surface area contributed by atoms with Crippen LogP contribution in [0.2, 0.25) is 0 Å². The van der Waals surface area contributed by atoms with Crippen LogP contribution in [0.25, 0.3) is 27.9 Å². The smallest absolute Gasteiger partial charge is 0.227 e. The first-order valence-corrected chi connectivity index (χ1v) is 9.07. The molecule has 1 aliphatic rings. The SMILES string of the molecule is Cl.Cl.N[C@H]1CC[C@H](Nc2nc(-n3ccc4ccccc43)c3nc[nH]c3n2)CC1. The van der Waals surface area contributed by atoms with E-state index in [2.05, 4.69) is 43.0 Å². The Kier molecular flexibility index (Phi) is 6.07. The summed E-state index contributed by atoms with van der Waals surface area (Å²) in [7, 11) is 0. The highest BCUT2D eigenvalue weighted by Crippen LogP contribution is 2.25. The molecular weight excluding hydrogens is 397 g/mol. The summed E-state index contributed by atoms with van der Waals surface area (Å²) in [5, 5.41) is 4.67. The molecule has 3 heterocycles. The highest BCUT2D eigenvalue weighted by Gasteiger charge is 2.20. The average molecular weight is 420 g/mol. The van der Waals surface area contributed by atoms with Crippen LogP contribution in [0.1, 0.15) is 25.7 Å². The van der Waals surface area contributed by atoms with Crippen molar-refractivity contribution in [3.05, 3.63) is 42.9 Å². The Bertz CT molecular complexity index is 1070. The Morgan fingerprint density at radius 1 is 1.04 bits per heavy atom. The second-order valence-electron chi connectivity index (χ2n) is 6.97. The van der Waals surface area contributed by atoms with Gasteiger partial charge >= 0.3 is 0 Å². The van der Waals surface area contributed by atoms with Crippen molar-refractivity contribution in [2.24, 2.45) is 5.73 Å². The first kappa shape index (κ1) is 20.4. The van der Waals surface area contributed by atoms with E-state index in [1.54, 1.807) is 6.33 Å². The van der Waals surface area contributed by atoms with Crippen LogP contribution < -0.4 is 11.1 Å². The van der Waals surface area contributed by atoms with E-state index >= 15 is 0 Å². The minimum atomic E-state index is 0. The van der Waals surface area contributed by atoms with Crippen molar-refractivity contribution in [3.8, 4) is 5.82 Å². The number of hydrogen-bond donors (Lipinski definition) is 3. The summed E-state index contributed by atoms with van der Waals surface area (Å²) < 4.78 is 2.07. The zero-order chi connectivity index (χ0) is 17.5. The summed E-state index contributed by atoms with van der Waals surface area (Å²) >= 11 is 0. The van der Waals surface area contributed by atoms with Crippen molar-refractivity contribution >= 4 is 52.8 Å². The van der Waals surface area contributed by atoms with E-state index in [1.807, 2.05) is 18.3 Å². The van der Waals surface area contributed by atoms with Gasteiger partial charge < -0.3 is 16.0 Å².